The molecule has 112 valence electrons. The molecule has 0 aliphatic carbocycles. The minimum absolute atomic E-state index is 0.439. The second-order valence-corrected chi connectivity index (χ2v) is 5.03. The van der Waals surface area contributed by atoms with Crippen LogP contribution in [-0.4, -0.2) is 35.4 Å². The first-order chi connectivity index (χ1) is 10.2. The van der Waals surface area contributed by atoms with E-state index in [4.69, 9.17) is 27.9 Å². The van der Waals surface area contributed by atoms with Gasteiger partial charge in [0.05, 0.1) is 16.9 Å². The van der Waals surface area contributed by atoms with Crippen molar-refractivity contribution in [2.24, 2.45) is 0 Å². The number of rotatable bonds is 7. The number of hydrogen-bond acceptors (Lipinski definition) is 6. The molecule has 0 saturated heterocycles. The molecule has 6 nitrogen and oxygen atoms in total. The predicted molar refractivity (Wildman–Crippen MR) is 84.6 cm³/mol. The Balaban J connectivity index is 2.02. The molecule has 2 aromatic rings. The van der Waals surface area contributed by atoms with Gasteiger partial charge in [0.25, 0.3) is 0 Å². The van der Waals surface area contributed by atoms with Crippen molar-refractivity contribution in [1.82, 2.24) is 15.2 Å². The quantitative estimate of drug-likeness (QED) is 0.759. The lowest BCUT2D eigenvalue weighted by Gasteiger charge is -2.09. The number of methoxy groups -OCH3 is 1. The van der Waals surface area contributed by atoms with Crippen molar-refractivity contribution < 1.29 is 4.74 Å². The lowest BCUT2D eigenvalue weighted by Crippen LogP contribution is -2.09. The van der Waals surface area contributed by atoms with Crippen molar-refractivity contribution >= 4 is 40.7 Å². The number of nitrogens with one attached hydrogen (secondary N) is 2. The van der Waals surface area contributed by atoms with Crippen molar-refractivity contribution in [3.8, 4) is 0 Å². The van der Waals surface area contributed by atoms with Gasteiger partial charge in [-0.15, -0.1) is 5.10 Å². The van der Waals surface area contributed by atoms with Gasteiger partial charge in [-0.05, 0) is 24.6 Å². The van der Waals surface area contributed by atoms with Gasteiger partial charge in [0, 0.05) is 25.3 Å². The van der Waals surface area contributed by atoms with E-state index in [1.807, 2.05) is 0 Å². The van der Waals surface area contributed by atoms with Gasteiger partial charge in [-0.2, -0.15) is 10.1 Å². The number of hydrogen-bond donors (Lipinski definition) is 2. The minimum Gasteiger partial charge on any atom is -0.385 e. The molecule has 1 aromatic heterocycles. The molecular weight excluding hydrogens is 313 g/mol. The van der Waals surface area contributed by atoms with E-state index in [-0.39, 0.29) is 0 Å². The van der Waals surface area contributed by atoms with E-state index >= 15 is 0 Å². The van der Waals surface area contributed by atoms with Gasteiger partial charge in [-0.25, -0.2) is 0 Å². The molecule has 0 aliphatic heterocycles. The number of ether oxygens (including phenoxy) is 1. The summed E-state index contributed by atoms with van der Waals surface area (Å²) in [6, 6.07) is 5.15. The van der Waals surface area contributed by atoms with Crippen LogP contribution >= 0.6 is 23.2 Å². The maximum absolute atomic E-state index is 6.09. The maximum atomic E-state index is 6.09. The highest BCUT2D eigenvalue weighted by atomic mass is 35.5. The molecule has 1 heterocycles. The summed E-state index contributed by atoms with van der Waals surface area (Å²) in [5.41, 5.74) is 0.662. The summed E-state index contributed by atoms with van der Waals surface area (Å²) in [5.74, 6) is 0.970. The van der Waals surface area contributed by atoms with Gasteiger partial charge >= 0.3 is 0 Å². The highest BCUT2D eigenvalue weighted by Crippen LogP contribution is 2.27. The summed E-state index contributed by atoms with van der Waals surface area (Å²) < 4.78 is 4.97. The highest BCUT2D eigenvalue weighted by molar-refractivity contribution is 6.35. The van der Waals surface area contributed by atoms with Crippen LogP contribution in [-0.2, 0) is 4.74 Å². The molecule has 21 heavy (non-hydrogen) atoms. The van der Waals surface area contributed by atoms with E-state index in [1.165, 1.54) is 6.20 Å². The van der Waals surface area contributed by atoms with Crippen LogP contribution in [0.15, 0.2) is 24.4 Å². The zero-order valence-electron chi connectivity index (χ0n) is 11.4. The van der Waals surface area contributed by atoms with Gasteiger partial charge in [-0.3, -0.25) is 0 Å². The first-order valence-electron chi connectivity index (χ1n) is 6.33. The first-order valence-corrected chi connectivity index (χ1v) is 7.09. The van der Waals surface area contributed by atoms with Crippen LogP contribution in [0.25, 0.3) is 0 Å². The van der Waals surface area contributed by atoms with Crippen molar-refractivity contribution in [3.63, 3.8) is 0 Å². The average molecular weight is 328 g/mol. The van der Waals surface area contributed by atoms with E-state index in [2.05, 4.69) is 25.8 Å². The van der Waals surface area contributed by atoms with Crippen LogP contribution in [0, 0.1) is 0 Å². The fourth-order valence-corrected chi connectivity index (χ4v) is 1.92. The van der Waals surface area contributed by atoms with Crippen molar-refractivity contribution in [2.75, 3.05) is 30.9 Å². The molecular formula is C13H15Cl2N5O. The van der Waals surface area contributed by atoms with Crippen LogP contribution in [0.4, 0.5) is 17.5 Å². The Hall–Kier alpha value is -1.63. The summed E-state index contributed by atoms with van der Waals surface area (Å²) in [6.45, 7) is 1.38. The molecule has 0 spiro atoms. The van der Waals surface area contributed by atoms with E-state index in [0.717, 1.165) is 6.42 Å². The number of nitrogens with zero attached hydrogens (tertiary/aromatic N) is 3. The Labute approximate surface area is 132 Å². The van der Waals surface area contributed by atoms with Gasteiger partial charge in [-0.1, -0.05) is 23.2 Å². The molecule has 2 N–H and O–H groups in total. The van der Waals surface area contributed by atoms with Crippen LogP contribution in [0.2, 0.25) is 10.0 Å². The van der Waals surface area contributed by atoms with Crippen LogP contribution in [0.1, 0.15) is 6.42 Å². The average Bonchev–Trinajstić information content (AvgIpc) is 2.48. The van der Waals surface area contributed by atoms with Crippen molar-refractivity contribution in [2.45, 2.75) is 6.42 Å². The van der Waals surface area contributed by atoms with Gasteiger partial charge < -0.3 is 15.4 Å². The van der Waals surface area contributed by atoms with E-state index in [1.54, 1.807) is 25.3 Å². The van der Waals surface area contributed by atoms with Crippen LogP contribution in [0.3, 0.4) is 0 Å². The number of aromatic nitrogens is 3. The topological polar surface area (TPSA) is 72.0 Å². The summed E-state index contributed by atoms with van der Waals surface area (Å²) >= 11 is 12.0. The van der Waals surface area contributed by atoms with E-state index < -0.39 is 0 Å². The fourth-order valence-electron chi connectivity index (χ4n) is 1.59. The molecule has 0 radical (unpaired) electrons. The lowest BCUT2D eigenvalue weighted by atomic mass is 10.3. The Morgan fingerprint density at radius 1 is 1.29 bits per heavy atom. The largest absolute Gasteiger partial charge is 0.385 e. The van der Waals surface area contributed by atoms with Crippen molar-refractivity contribution in [3.05, 3.63) is 34.4 Å². The second-order valence-electron chi connectivity index (χ2n) is 4.19. The Kier molecular flexibility index (Phi) is 5.98. The molecule has 8 heteroatoms. The third-order valence-electron chi connectivity index (χ3n) is 2.56. The summed E-state index contributed by atoms with van der Waals surface area (Å²) in [7, 11) is 1.66. The lowest BCUT2D eigenvalue weighted by molar-refractivity contribution is 0.197. The molecule has 2 rings (SSSR count). The SMILES string of the molecule is COCCCNc1nncc(Nc2cc(Cl)ccc2Cl)n1. The van der Waals surface area contributed by atoms with Crippen LogP contribution < -0.4 is 10.6 Å². The smallest absolute Gasteiger partial charge is 0.244 e. The molecule has 0 saturated carbocycles. The Morgan fingerprint density at radius 3 is 2.95 bits per heavy atom. The summed E-state index contributed by atoms with van der Waals surface area (Å²) in [5, 5.41) is 15.1. The third kappa shape index (κ3) is 5.00. The first kappa shape index (κ1) is 15.8. The van der Waals surface area contributed by atoms with Gasteiger partial charge in [0.1, 0.15) is 0 Å². The summed E-state index contributed by atoms with van der Waals surface area (Å²) in [4.78, 5) is 4.30. The maximum Gasteiger partial charge on any atom is 0.244 e. The highest BCUT2D eigenvalue weighted by Gasteiger charge is 2.05. The van der Waals surface area contributed by atoms with E-state index in [0.29, 0.717) is 40.7 Å². The molecule has 0 fully saturated rings. The zero-order chi connectivity index (χ0) is 15.1. The number of anilines is 3. The Bertz CT molecular complexity index is 597. The second kappa shape index (κ2) is 7.97. The van der Waals surface area contributed by atoms with E-state index in [9.17, 15) is 0 Å². The third-order valence-corrected chi connectivity index (χ3v) is 3.12. The molecule has 1 aromatic carbocycles. The fraction of sp³-hybridized carbons (Fsp3) is 0.308. The standard InChI is InChI=1S/C13H15Cl2N5O/c1-21-6-2-5-16-13-19-12(8-17-20-13)18-11-7-9(14)3-4-10(11)15/h3-4,7-8H,2,5-6H2,1H3,(H2,16,18,19,20). The molecule has 0 aliphatic rings. The predicted octanol–water partition coefficient (Wildman–Crippen LogP) is 3.37. The zero-order valence-corrected chi connectivity index (χ0v) is 12.9. The Morgan fingerprint density at radius 2 is 2.14 bits per heavy atom. The summed E-state index contributed by atoms with van der Waals surface area (Å²) in [6.07, 6.45) is 2.37. The number of halogens is 2. The normalized spacial score (nSPS) is 10.4. The molecule has 0 atom stereocenters. The molecule has 0 unspecified atom stereocenters. The molecule has 0 bridgehead atoms. The van der Waals surface area contributed by atoms with Gasteiger partial charge in [0.2, 0.25) is 5.95 Å². The minimum atomic E-state index is 0.439. The van der Waals surface area contributed by atoms with Gasteiger partial charge in [0.15, 0.2) is 5.82 Å². The van der Waals surface area contributed by atoms with Crippen LogP contribution in [0.5, 0.6) is 0 Å². The monoisotopic (exact) mass is 327 g/mol. The molecule has 0 amide bonds. The van der Waals surface area contributed by atoms with Crippen molar-refractivity contribution in [1.29, 1.82) is 0 Å². The number of benzene rings is 1.